The van der Waals surface area contributed by atoms with Crippen LogP contribution in [0.15, 0.2) is 0 Å². The van der Waals surface area contributed by atoms with Crippen molar-refractivity contribution in [1.29, 1.82) is 0 Å². The quantitative estimate of drug-likeness (QED) is 0.409. The summed E-state index contributed by atoms with van der Waals surface area (Å²) in [6.07, 6.45) is 5.85. The molecule has 0 aromatic rings. The Balaban J connectivity index is 3.56. The van der Waals surface area contributed by atoms with E-state index in [0.29, 0.717) is 0 Å². The summed E-state index contributed by atoms with van der Waals surface area (Å²) in [5, 5.41) is 0. The van der Waals surface area contributed by atoms with Crippen LogP contribution in [0, 0.1) is 37.0 Å². The van der Waals surface area contributed by atoms with Gasteiger partial charge in [0.1, 0.15) is 0 Å². The van der Waals surface area contributed by atoms with Gasteiger partial charge >= 0.3 is 0 Å². The fraction of sp³-hybridized carbons (Fsp3) is 0.375. The van der Waals surface area contributed by atoms with E-state index in [1.807, 2.05) is 6.92 Å². The van der Waals surface area contributed by atoms with E-state index in [4.69, 9.17) is 6.42 Å². The Morgan fingerprint density at radius 2 is 2.38 bits per heavy atom. The lowest BCUT2D eigenvalue weighted by Crippen LogP contribution is -1.81. The van der Waals surface area contributed by atoms with Gasteiger partial charge in [-0.25, -0.2) is 0 Å². The standard InChI is InChI=1S/C8H9/c1-4-6-7-8(3)5-2/h2,8H,3-4H2,1H3. The van der Waals surface area contributed by atoms with Crippen molar-refractivity contribution in [3.05, 3.63) is 6.92 Å². The van der Waals surface area contributed by atoms with E-state index < -0.39 is 0 Å². The Bertz CT molecular complexity index is 138. The van der Waals surface area contributed by atoms with Crippen LogP contribution in [0.5, 0.6) is 0 Å². The van der Waals surface area contributed by atoms with Crippen LogP contribution in [0.3, 0.4) is 0 Å². The van der Waals surface area contributed by atoms with Crippen molar-refractivity contribution in [2.75, 3.05) is 0 Å². The normalized spacial score (nSPS) is 10.6. The molecule has 1 atom stereocenters. The van der Waals surface area contributed by atoms with Crippen molar-refractivity contribution in [3.63, 3.8) is 0 Å². The van der Waals surface area contributed by atoms with E-state index in [9.17, 15) is 0 Å². The molecule has 0 saturated carbocycles. The zero-order valence-corrected chi connectivity index (χ0v) is 5.07. The van der Waals surface area contributed by atoms with E-state index >= 15 is 0 Å². The van der Waals surface area contributed by atoms with Crippen LogP contribution in [0.25, 0.3) is 0 Å². The minimum Gasteiger partial charge on any atom is -0.119 e. The largest absolute Gasteiger partial charge is 0.119 e. The molecule has 0 aromatic heterocycles. The third-order valence-corrected chi connectivity index (χ3v) is 0.654. The minimum atomic E-state index is -0.130. The first-order valence-electron chi connectivity index (χ1n) is 2.58. The number of hydrogen-bond donors (Lipinski definition) is 0. The van der Waals surface area contributed by atoms with Gasteiger partial charge < -0.3 is 0 Å². The van der Waals surface area contributed by atoms with Gasteiger partial charge in [0, 0.05) is 6.42 Å². The summed E-state index contributed by atoms with van der Waals surface area (Å²) >= 11 is 0. The maximum atomic E-state index is 5.00. The van der Waals surface area contributed by atoms with Crippen LogP contribution in [-0.4, -0.2) is 0 Å². The van der Waals surface area contributed by atoms with Crippen molar-refractivity contribution in [2.45, 2.75) is 13.3 Å². The smallest absolute Gasteiger partial charge is 0.0809 e. The molecule has 0 nitrogen and oxygen atoms in total. The van der Waals surface area contributed by atoms with Crippen LogP contribution in [0.4, 0.5) is 0 Å². The lowest BCUT2D eigenvalue weighted by molar-refractivity contribution is 1.16. The van der Waals surface area contributed by atoms with Crippen molar-refractivity contribution < 1.29 is 0 Å². The van der Waals surface area contributed by atoms with Crippen molar-refractivity contribution in [3.8, 4) is 24.2 Å². The molecule has 0 N–H and O–H groups in total. The summed E-state index contributed by atoms with van der Waals surface area (Å²) in [7, 11) is 0. The highest BCUT2D eigenvalue weighted by atomic mass is 13.8. The van der Waals surface area contributed by atoms with Gasteiger partial charge in [-0.05, 0) is 6.92 Å². The van der Waals surface area contributed by atoms with Crippen LogP contribution in [0.2, 0.25) is 0 Å². The average Bonchev–Trinajstić information content (AvgIpc) is 1.83. The van der Waals surface area contributed by atoms with E-state index in [0.717, 1.165) is 6.42 Å². The summed E-state index contributed by atoms with van der Waals surface area (Å²) in [4.78, 5) is 0. The fourth-order valence-corrected chi connectivity index (χ4v) is 0.267. The first-order valence-corrected chi connectivity index (χ1v) is 2.58. The van der Waals surface area contributed by atoms with Crippen molar-refractivity contribution in [1.82, 2.24) is 0 Å². The van der Waals surface area contributed by atoms with Gasteiger partial charge in [0.05, 0.1) is 5.92 Å². The third-order valence-electron chi connectivity index (χ3n) is 0.654. The fourth-order valence-electron chi connectivity index (χ4n) is 0.267. The molecule has 0 aromatic carbocycles. The maximum absolute atomic E-state index is 5.00. The second-order valence-corrected chi connectivity index (χ2v) is 1.39. The molecule has 0 aliphatic heterocycles. The number of terminal acetylenes is 1. The molecular formula is C8H9. The predicted octanol–water partition coefficient (Wildman–Crippen LogP) is 1.48. The lowest BCUT2D eigenvalue weighted by Gasteiger charge is -1.83. The van der Waals surface area contributed by atoms with E-state index in [1.54, 1.807) is 0 Å². The molecule has 0 heterocycles. The minimum absolute atomic E-state index is 0.130. The molecule has 0 heteroatoms. The van der Waals surface area contributed by atoms with Crippen LogP contribution >= 0.6 is 0 Å². The Labute approximate surface area is 51.3 Å². The topological polar surface area (TPSA) is 0 Å². The first kappa shape index (κ1) is 7.12. The molecule has 1 radical (unpaired) electrons. The highest BCUT2D eigenvalue weighted by molar-refractivity contribution is 5.15. The van der Waals surface area contributed by atoms with E-state index in [2.05, 4.69) is 24.7 Å². The van der Waals surface area contributed by atoms with Gasteiger partial charge in [0.15, 0.2) is 0 Å². The maximum Gasteiger partial charge on any atom is 0.0809 e. The molecule has 0 bridgehead atoms. The summed E-state index contributed by atoms with van der Waals surface area (Å²) < 4.78 is 0. The Kier molecular flexibility index (Phi) is 3.81. The van der Waals surface area contributed by atoms with E-state index in [1.165, 1.54) is 0 Å². The predicted molar refractivity (Wildman–Crippen MR) is 35.7 cm³/mol. The lowest BCUT2D eigenvalue weighted by atomic mass is 10.2. The molecule has 8 heavy (non-hydrogen) atoms. The van der Waals surface area contributed by atoms with Crippen molar-refractivity contribution in [2.24, 2.45) is 5.92 Å². The van der Waals surface area contributed by atoms with Gasteiger partial charge in [0.2, 0.25) is 0 Å². The second-order valence-electron chi connectivity index (χ2n) is 1.39. The van der Waals surface area contributed by atoms with Gasteiger partial charge in [-0.1, -0.05) is 18.8 Å². The molecular weight excluding hydrogens is 96.1 g/mol. The molecule has 0 saturated heterocycles. The number of hydrogen-bond acceptors (Lipinski definition) is 0. The Morgan fingerprint density at radius 3 is 2.75 bits per heavy atom. The molecule has 0 aliphatic rings. The average molecular weight is 105 g/mol. The molecule has 0 rings (SSSR count). The zero-order valence-electron chi connectivity index (χ0n) is 5.07. The van der Waals surface area contributed by atoms with E-state index in [-0.39, 0.29) is 5.92 Å². The first-order chi connectivity index (χ1) is 3.81. The summed E-state index contributed by atoms with van der Waals surface area (Å²) in [6.45, 7) is 5.57. The Hall–Kier alpha value is -0.880. The molecule has 41 valence electrons. The molecule has 0 aliphatic carbocycles. The summed E-state index contributed by atoms with van der Waals surface area (Å²) in [6, 6.07) is 0. The summed E-state index contributed by atoms with van der Waals surface area (Å²) in [5.41, 5.74) is 0. The molecule has 0 fully saturated rings. The van der Waals surface area contributed by atoms with Gasteiger partial charge in [-0.2, -0.15) is 0 Å². The highest BCUT2D eigenvalue weighted by Crippen LogP contribution is 1.85. The van der Waals surface area contributed by atoms with Gasteiger partial charge in [-0.3, -0.25) is 0 Å². The van der Waals surface area contributed by atoms with Crippen molar-refractivity contribution >= 4 is 0 Å². The van der Waals surface area contributed by atoms with Gasteiger partial charge in [-0.15, -0.1) is 12.3 Å². The SMILES string of the molecule is C#CC([CH2])C#CCC. The third kappa shape index (κ3) is 3.32. The van der Waals surface area contributed by atoms with Crippen LogP contribution in [0.1, 0.15) is 13.3 Å². The highest BCUT2D eigenvalue weighted by Gasteiger charge is 1.82. The van der Waals surface area contributed by atoms with Crippen LogP contribution < -0.4 is 0 Å². The summed E-state index contributed by atoms with van der Waals surface area (Å²) in [5.74, 6) is 7.91. The zero-order chi connectivity index (χ0) is 6.41. The Morgan fingerprint density at radius 1 is 1.75 bits per heavy atom. The molecule has 1 unspecified atom stereocenters. The molecule has 0 spiro atoms. The van der Waals surface area contributed by atoms with Crippen LogP contribution in [-0.2, 0) is 0 Å². The van der Waals surface area contributed by atoms with Gasteiger partial charge in [0.25, 0.3) is 0 Å². The molecule has 0 amide bonds. The number of rotatable bonds is 0. The monoisotopic (exact) mass is 105 g/mol. The second kappa shape index (κ2) is 4.28.